The van der Waals surface area contributed by atoms with Crippen molar-refractivity contribution < 1.29 is 14.6 Å². The predicted molar refractivity (Wildman–Crippen MR) is 76.5 cm³/mol. The molecule has 1 unspecified atom stereocenters. The van der Waals surface area contributed by atoms with E-state index in [0.717, 1.165) is 19.3 Å². The molecule has 0 bridgehead atoms. The Hall–Kier alpha value is -0.570. The number of hydrogen-bond acceptors (Lipinski definition) is 3. The van der Waals surface area contributed by atoms with E-state index >= 15 is 0 Å². The standard InChI is InChI=1S/C14H28O3.CH4/c1-5-12(15)11-17-13(16)9-7-6-8-10-14(2,3)4;/h12,15H,5-11H2,1-4H3;1H4. The lowest BCUT2D eigenvalue weighted by molar-refractivity contribution is -0.146. The van der Waals surface area contributed by atoms with Crippen molar-refractivity contribution in [3.8, 4) is 0 Å². The SMILES string of the molecule is C.CCC(O)COC(=O)CCCCCC(C)(C)C. The highest BCUT2D eigenvalue weighted by Gasteiger charge is 2.10. The lowest BCUT2D eigenvalue weighted by Gasteiger charge is -2.17. The molecule has 0 saturated heterocycles. The van der Waals surface area contributed by atoms with Gasteiger partial charge in [0.1, 0.15) is 6.61 Å². The fourth-order valence-corrected chi connectivity index (χ4v) is 1.48. The van der Waals surface area contributed by atoms with Gasteiger partial charge in [-0.1, -0.05) is 48.0 Å². The molecule has 0 amide bonds. The van der Waals surface area contributed by atoms with Crippen LogP contribution >= 0.6 is 0 Å². The molecule has 0 aliphatic heterocycles. The van der Waals surface area contributed by atoms with Gasteiger partial charge in [-0.2, -0.15) is 0 Å². The van der Waals surface area contributed by atoms with E-state index in [1.165, 1.54) is 6.42 Å². The van der Waals surface area contributed by atoms with E-state index in [0.29, 0.717) is 18.3 Å². The number of carbonyl (C=O) groups is 1. The number of esters is 1. The van der Waals surface area contributed by atoms with Crippen LogP contribution in [0, 0.1) is 5.41 Å². The lowest BCUT2D eigenvalue weighted by atomic mass is 9.89. The number of rotatable bonds is 8. The average Bonchev–Trinajstić information content (AvgIpc) is 2.23. The number of hydrogen-bond donors (Lipinski definition) is 1. The molecule has 0 aromatic rings. The fourth-order valence-electron chi connectivity index (χ4n) is 1.48. The molecule has 0 aromatic heterocycles. The third kappa shape index (κ3) is 13.5. The molecule has 0 aromatic carbocycles. The van der Waals surface area contributed by atoms with Crippen molar-refractivity contribution in [2.45, 2.75) is 79.8 Å². The average molecular weight is 260 g/mol. The largest absolute Gasteiger partial charge is 0.463 e. The number of aliphatic hydroxyl groups is 1. The summed E-state index contributed by atoms with van der Waals surface area (Å²) in [6.07, 6.45) is 4.89. The van der Waals surface area contributed by atoms with Crippen molar-refractivity contribution in [1.82, 2.24) is 0 Å². The van der Waals surface area contributed by atoms with Gasteiger partial charge >= 0.3 is 5.97 Å². The van der Waals surface area contributed by atoms with Gasteiger partial charge in [0.05, 0.1) is 6.10 Å². The minimum absolute atomic E-state index is 0. The highest BCUT2D eigenvalue weighted by Crippen LogP contribution is 2.22. The first-order chi connectivity index (χ1) is 7.85. The van der Waals surface area contributed by atoms with Gasteiger partial charge in [-0.3, -0.25) is 4.79 Å². The lowest BCUT2D eigenvalue weighted by Crippen LogP contribution is -2.17. The number of ether oxygens (including phenoxy) is 1. The van der Waals surface area contributed by atoms with Crippen LogP contribution in [0.1, 0.15) is 73.6 Å². The van der Waals surface area contributed by atoms with Crippen LogP contribution in [0.25, 0.3) is 0 Å². The summed E-state index contributed by atoms with van der Waals surface area (Å²) < 4.78 is 4.95. The smallest absolute Gasteiger partial charge is 0.305 e. The van der Waals surface area contributed by atoms with Crippen LogP contribution in [0.4, 0.5) is 0 Å². The molecule has 0 saturated carbocycles. The summed E-state index contributed by atoms with van der Waals surface area (Å²) in [6.45, 7) is 8.69. The molecule has 0 radical (unpaired) electrons. The van der Waals surface area contributed by atoms with Crippen LogP contribution < -0.4 is 0 Å². The summed E-state index contributed by atoms with van der Waals surface area (Å²) in [7, 11) is 0. The zero-order valence-corrected chi connectivity index (χ0v) is 11.8. The molecule has 0 fully saturated rings. The Morgan fingerprint density at radius 2 is 1.83 bits per heavy atom. The summed E-state index contributed by atoms with van der Waals surface area (Å²) in [5.41, 5.74) is 0.381. The summed E-state index contributed by atoms with van der Waals surface area (Å²) in [6, 6.07) is 0. The molecule has 1 N–H and O–H groups in total. The molecule has 3 heteroatoms. The van der Waals surface area contributed by atoms with Crippen molar-refractivity contribution in [2.24, 2.45) is 5.41 Å². The molecule has 1 atom stereocenters. The van der Waals surface area contributed by atoms with Crippen molar-refractivity contribution in [2.75, 3.05) is 6.61 Å². The normalized spacial score (nSPS) is 12.7. The number of aliphatic hydroxyl groups excluding tert-OH is 1. The maximum Gasteiger partial charge on any atom is 0.305 e. The second-order valence-corrected chi connectivity index (χ2v) is 5.87. The van der Waals surface area contributed by atoms with Gasteiger partial charge in [-0.05, 0) is 24.7 Å². The highest BCUT2D eigenvalue weighted by molar-refractivity contribution is 5.69. The first-order valence-corrected chi connectivity index (χ1v) is 6.69. The van der Waals surface area contributed by atoms with Crippen molar-refractivity contribution in [1.29, 1.82) is 0 Å². The Morgan fingerprint density at radius 1 is 1.22 bits per heavy atom. The topological polar surface area (TPSA) is 46.5 Å². The van der Waals surface area contributed by atoms with E-state index < -0.39 is 6.10 Å². The van der Waals surface area contributed by atoms with Crippen molar-refractivity contribution in [3.05, 3.63) is 0 Å². The Morgan fingerprint density at radius 3 is 2.33 bits per heavy atom. The second kappa shape index (κ2) is 10.4. The van der Waals surface area contributed by atoms with Gasteiger partial charge in [0.25, 0.3) is 0 Å². The monoisotopic (exact) mass is 260 g/mol. The van der Waals surface area contributed by atoms with E-state index in [1.54, 1.807) is 0 Å². The van der Waals surface area contributed by atoms with Gasteiger partial charge in [0.2, 0.25) is 0 Å². The predicted octanol–water partition coefficient (Wildman–Crippen LogP) is 3.93. The molecule has 3 nitrogen and oxygen atoms in total. The molecule has 110 valence electrons. The maximum atomic E-state index is 11.3. The van der Waals surface area contributed by atoms with Crippen LogP contribution in [-0.4, -0.2) is 23.8 Å². The first-order valence-electron chi connectivity index (χ1n) is 6.69. The Labute approximate surface area is 113 Å². The van der Waals surface area contributed by atoms with Crippen LogP contribution in [0.15, 0.2) is 0 Å². The van der Waals surface area contributed by atoms with E-state index in [-0.39, 0.29) is 20.0 Å². The third-order valence-electron chi connectivity index (χ3n) is 2.72. The van der Waals surface area contributed by atoms with Crippen LogP contribution in [0.5, 0.6) is 0 Å². The molecule has 0 spiro atoms. The molecule has 0 aliphatic rings. The van der Waals surface area contributed by atoms with E-state index in [4.69, 9.17) is 4.74 Å². The van der Waals surface area contributed by atoms with Gasteiger partial charge in [-0.15, -0.1) is 0 Å². The minimum Gasteiger partial charge on any atom is -0.463 e. The molecule has 0 aliphatic carbocycles. The van der Waals surface area contributed by atoms with Gasteiger partial charge in [0, 0.05) is 6.42 Å². The first kappa shape index (κ1) is 19.8. The van der Waals surface area contributed by atoms with E-state index in [1.807, 2.05) is 6.92 Å². The van der Waals surface area contributed by atoms with E-state index in [2.05, 4.69) is 20.8 Å². The molecule has 0 heterocycles. The summed E-state index contributed by atoms with van der Waals surface area (Å²) >= 11 is 0. The summed E-state index contributed by atoms with van der Waals surface area (Å²) in [4.78, 5) is 11.3. The quantitative estimate of drug-likeness (QED) is 0.531. The number of unbranched alkanes of at least 4 members (excludes halogenated alkanes) is 2. The highest BCUT2D eigenvalue weighted by atomic mass is 16.5. The molecular formula is C15H32O3. The zero-order chi connectivity index (χ0) is 13.3. The summed E-state index contributed by atoms with van der Waals surface area (Å²) in [5.74, 6) is -0.187. The molecule has 18 heavy (non-hydrogen) atoms. The molecule has 0 rings (SSSR count). The Kier molecular flexibility index (Phi) is 11.4. The summed E-state index contributed by atoms with van der Waals surface area (Å²) in [5, 5.41) is 9.23. The van der Waals surface area contributed by atoms with E-state index in [9.17, 15) is 9.90 Å². The number of carbonyl (C=O) groups excluding carboxylic acids is 1. The van der Waals surface area contributed by atoms with Crippen molar-refractivity contribution >= 4 is 5.97 Å². The minimum atomic E-state index is -0.514. The van der Waals surface area contributed by atoms with Crippen LogP contribution in [-0.2, 0) is 9.53 Å². The Bertz CT molecular complexity index is 206. The maximum absolute atomic E-state index is 11.3. The Balaban J connectivity index is 0. The molecular weight excluding hydrogens is 228 g/mol. The van der Waals surface area contributed by atoms with Gasteiger partial charge in [-0.25, -0.2) is 0 Å². The fraction of sp³-hybridized carbons (Fsp3) is 0.933. The van der Waals surface area contributed by atoms with Gasteiger partial charge in [0.15, 0.2) is 0 Å². The van der Waals surface area contributed by atoms with Gasteiger partial charge < -0.3 is 9.84 Å². The zero-order valence-electron chi connectivity index (χ0n) is 11.8. The second-order valence-electron chi connectivity index (χ2n) is 5.87. The van der Waals surface area contributed by atoms with Crippen molar-refractivity contribution in [3.63, 3.8) is 0 Å². The van der Waals surface area contributed by atoms with Crippen LogP contribution in [0.3, 0.4) is 0 Å². The third-order valence-corrected chi connectivity index (χ3v) is 2.72. The van der Waals surface area contributed by atoms with Crippen LogP contribution in [0.2, 0.25) is 0 Å².